The van der Waals surface area contributed by atoms with Crippen LogP contribution >= 0.6 is 11.8 Å². The Morgan fingerprint density at radius 1 is 1.21 bits per heavy atom. The maximum Gasteiger partial charge on any atom is 0.234 e. The number of carbonyl (C=O) groups is 1. The van der Waals surface area contributed by atoms with Crippen molar-refractivity contribution in [3.8, 4) is 5.75 Å². The topological polar surface area (TPSA) is 70.2 Å². The number of aromatic nitrogens is 2. The first-order chi connectivity index (χ1) is 13.7. The van der Waals surface area contributed by atoms with Gasteiger partial charge in [-0.2, -0.15) is 0 Å². The number of hydrogen-bond donors (Lipinski definition) is 2. The Hall–Kier alpha value is -2.67. The van der Waals surface area contributed by atoms with E-state index in [9.17, 15) is 4.79 Å². The van der Waals surface area contributed by atoms with E-state index in [1.807, 2.05) is 37.3 Å². The van der Waals surface area contributed by atoms with Crippen molar-refractivity contribution in [1.29, 1.82) is 0 Å². The first-order valence-corrected chi connectivity index (χ1v) is 10.6. The monoisotopic (exact) mass is 396 g/mol. The number of H-pyrrole nitrogens is 1. The lowest BCUT2D eigenvalue weighted by molar-refractivity contribution is -0.113. The Bertz CT molecular complexity index is 949. The fourth-order valence-corrected chi connectivity index (χ4v) is 4.04. The summed E-state index contributed by atoms with van der Waals surface area (Å²) < 4.78 is 5.51. The summed E-state index contributed by atoms with van der Waals surface area (Å²) in [6, 6.07) is 13.8. The molecular formula is C21H24N4O2S. The molecule has 1 fully saturated rings. The highest BCUT2D eigenvalue weighted by molar-refractivity contribution is 7.99. The largest absolute Gasteiger partial charge is 0.494 e. The first-order valence-electron chi connectivity index (χ1n) is 9.61. The van der Waals surface area contributed by atoms with Crippen LogP contribution in [0.15, 0.2) is 47.6 Å². The molecule has 6 nitrogen and oxygen atoms in total. The van der Waals surface area contributed by atoms with E-state index in [4.69, 9.17) is 4.74 Å². The van der Waals surface area contributed by atoms with Gasteiger partial charge in [0.05, 0.1) is 23.4 Å². The van der Waals surface area contributed by atoms with E-state index in [-0.39, 0.29) is 5.91 Å². The smallest absolute Gasteiger partial charge is 0.234 e. The molecule has 0 unspecified atom stereocenters. The molecule has 0 spiro atoms. The van der Waals surface area contributed by atoms with Gasteiger partial charge in [-0.25, -0.2) is 4.98 Å². The summed E-state index contributed by atoms with van der Waals surface area (Å²) in [5, 5.41) is 3.67. The lowest BCUT2D eigenvalue weighted by atomic mass is 10.2. The summed E-state index contributed by atoms with van der Waals surface area (Å²) in [6.45, 7) is 4.81. The molecule has 1 aliphatic rings. The predicted octanol–water partition coefficient (Wildman–Crippen LogP) is 4.29. The average Bonchev–Trinajstić information content (AvgIpc) is 3.37. The van der Waals surface area contributed by atoms with Gasteiger partial charge in [-0.15, -0.1) is 0 Å². The number of aromatic amines is 1. The molecule has 7 heteroatoms. The molecule has 1 amide bonds. The molecule has 2 heterocycles. The fourth-order valence-electron chi connectivity index (χ4n) is 3.35. The third kappa shape index (κ3) is 4.42. The minimum Gasteiger partial charge on any atom is -0.494 e. The molecule has 28 heavy (non-hydrogen) atoms. The number of nitrogens with zero attached hydrogens (tertiary/aromatic N) is 2. The van der Waals surface area contributed by atoms with Gasteiger partial charge in [-0.05, 0) is 56.2 Å². The summed E-state index contributed by atoms with van der Waals surface area (Å²) in [4.78, 5) is 22.4. The standard InChI is InChI=1S/C21H24N4O2S/c1-2-27-17-9-10-18-19(13-17)24-21(23-18)28-14-20(26)22-15-5-7-16(8-6-15)25-11-3-4-12-25/h5-10,13H,2-4,11-12,14H2,1H3,(H,22,26)(H,23,24). The molecule has 1 aromatic heterocycles. The Morgan fingerprint density at radius 2 is 2.00 bits per heavy atom. The van der Waals surface area contributed by atoms with Crippen LogP contribution in [-0.2, 0) is 4.79 Å². The van der Waals surface area contributed by atoms with Crippen LogP contribution in [-0.4, -0.2) is 41.3 Å². The zero-order chi connectivity index (χ0) is 19.3. The second-order valence-corrected chi connectivity index (χ2v) is 7.70. The fraction of sp³-hybridized carbons (Fsp3) is 0.333. The number of hydrogen-bond acceptors (Lipinski definition) is 5. The molecule has 1 aliphatic heterocycles. The van der Waals surface area contributed by atoms with Crippen LogP contribution in [0, 0.1) is 0 Å². The van der Waals surface area contributed by atoms with Crippen molar-refractivity contribution in [2.24, 2.45) is 0 Å². The number of thioether (sulfide) groups is 1. The van der Waals surface area contributed by atoms with Crippen LogP contribution in [0.25, 0.3) is 11.0 Å². The minimum atomic E-state index is -0.0469. The minimum absolute atomic E-state index is 0.0469. The Labute approximate surface area is 168 Å². The average molecular weight is 397 g/mol. The SMILES string of the molecule is CCOc1ccc2nc(SCC(=O)Nc3ccc(N4CCCC4)cc3)[nH]c2c1. The van der Waals surface area contributed by atoms with E-state index < -0.39 is 0 Å². The molecule has 0 aliphatic carbocycles. The highest BCUT2D eigenvalue weighted by Crippen LogP contribution is 2.24. The van der Waals surface area contributed by atoms with Crippen LogP contribution in [0.5, 0.6) is 5.75 Å². The third-order valence-electron chi connectivity index (χ3n) is 4.70. The summed E-state index contributed by atoms with van der Waals surface area (Å²) in [7, 11) is 0. The summed E-state index contributed by atoms with van der Waals surface area (Å²) >= 11 is 1.39. The maximum atomic E-state index is 12.3. The van der Waals surface area contributed by atoms with E-state index in [0.29, 0.717) is 12.4 Å². The van der Waals surface area contributed by atoms with Crippen LogP contribution in [0.4, 0.5) is 11.4 Å². The maximum absolute atomic E-state index is 12.3. The van der Waals surface area contributed by atoms with Gasteiger partial charge >= 0.3 is 0 Å². The number of amides is 1. The summed E-state index contributed by atoms with van der Waals surface area (Å²) in [5.74, 6) is 1.06. The number of benzene rings is 2. The van der Waals surface area contributed by atoms with Gasteiger partial charge in [0.15, 0.2) is 5.16 Å². The molecule has 3 aromatic rings. The van der Waals surface area contributed by atoms with Gasteiger partial charge in [0.2, 0.25) is 5.91 Å². The number of carbonyl (C=O) groups excluding carboxylic acids is 1. The first kappa shape index (κ1) is 18.7. The van der Waals surface area contributed by atoms with Crippen LogP contribution < -0.4 is 15.0 Å². The van der Waals surface area contributed by atoms with E-state index in [1.54, 1.807) is 0 Å². The van der Waals surface area contributed by atoms with Crippen LogP contribution in [0.1, 0.15) is 19.8 Å². The number of anilines is 2. The number of fused-ring (bicyclic) bond motifs is 1. The number of imidazole rings is 1. The van der Waals surface area contributed by atoms with E-state index in [1.165, 1.54) is 30.3 Å². The normalized spacial score (nSPS) is 13.8. The number of ether oxygens (including phenoxy) is 1. The van der Waals surface area contributed by atoms with Crippen LogP contribution in [0.2, 0.25) is 0 Å². The van der Waals surface area contributed by atoms with E-state index >= 15 is 0 Å². The second kappa shape index (κ2) is 8.56. The van der Waals surface area contributed by atoms with Crippen molar-refractivity contribution in [2.45, 2.75) is 24.9 Å². The van der Waals surface area contributed by atoms with Crippen LogP contribution in [0.3, 0.4) is 0 Å². The Kier molecular flexibility index (Phi) is 5.71. The number of nitrogens with one attached hydrogen (secondary N) is 2. The zero-order valence-electron chi connectivity index (χ0n) is 15.9. The number of rotatable bonds is 7. The van der Waals surface area contributed by atoms with Gasteiger partial charge in [0, 0.05) is 30.5 Å². The van der Waals surface area contributed by atoms with Crippen molar-refractivity contribution in [3.05, 3.63) is 42.5 Å². The zero-order valence-corrected chi connectivity index (χ0v) is 16.7. The molecular weight excluding hydrogens is 372 g/mol. The quantitative estimate of drug-likeness (QED) is 0.583. The van der Waals surface area contributed by atoms with E-state index in [0.717, 1.165) is 40.7 Å². The Morgan fingerprint density at radius 3 is 2.75 bits per heavy atom. The second-order valence-electron chi connectivity index (χ2n) is 6.73. The lowest BCUT2D eigenvalue weighted by Gasteiger charge is -2.17. The third-order valence-corrected chi connectivity index (χ3v) is 5.58. The molecule has 0 atom stereocenters. The van der Waals surface area contributed by atoms with Gasteiger partial charge in [-0.3, -0.25) is 4.79 Å². The molecule has 0 bridgehead atoms. The molecule has 4 rings (SSSR count). The lowest BCUT2D eigenvalue weighted by Crippen LogP contribution is -2.18. The predicted molar refractivity (Wildman–Crippen MR) is 115 cm³/mol. The van der Waals surface area contributed by atoms with Crippen molar-refractivity contribution in [2.75, 3.05) is 35.7 Å². The molecule has 0 radical (unpaired) electrons. The van der Waals surface area contributed by atoms with E-state index in [2.05, 4.69) is 32.3 Å². The molecule has 2 N–H and O–H groups in total. The van der Waals surface area contributed by atoms with Gasteiger partial charge in [-0.1, -0.05) is 11.8 Å². The molecule has 2 aromatic carbocycles. The molecule has 1 saturated heterocycles. The van der Waals surface area contributed by atoms with Crippen molar-refractivity contribution >= 4 is 40.1 Å². The summed E-state index contributed by atoms with van der Waals surface area (Å²) in [5.41, 5.74) is 3.81. The van der Waals surface area contributed by atoms with Gasteiger partial charge < -0.3 is 19.9 Å². The van der Waals surface area contributed by atoms with Crippen molar-refractivity contribution in [3.63, 3.8) is 0 Å². The van der Waals surface area contributed by atoms with Gasteiger partial charge in [0.25, 0.3) is 0 Å². The summed E-state index contributed by atoms with van der Waals surface area (Å²) in [6.07, 6.45) is 2.51. The van der Waals surface area contributed by atoms with Gasteiger partial charge in [0.1, 0.15) is 5.75 Å². The van der Waals surface area contributed by atoms with Crippen molar-refractivity contribution < 1.29 is 9.53 Å². The Balaban J connectivity index is 1.32. The highest BCUT2D eigenvalue weighted by Gasteiger charge is 2.12. The molecule has 0 saturated carbocycles. The van der Waals surface area contributed by atoms with Crippen molar-refractivity contribution in [1.82, 2.24) is 9.97 Å². The highest BCUT2D eigenvalue weighted by atomic mass is 32.2. The molecule has 146 valence electrons.